The monoisotopic (exact) mass is 440 g/mol. The lowest BCUT2D eigenvalue weighted by atomic mass is 10.1. The highest BCUT2D eigenvalue weighted by molar-refractivity contribution is 9.10. The van der Waals surface area contributed by atoms with Crippen LogP contribution in [0, 0.1) is 0 Å². The van der Waals surface area contributed by atoms with Crippen LogP contribution < -0.4 is 4.90 Å². The molecule has 1 aliphatic heterocycles. The largest absolute Gasteiger partial charge is 0.416 e. The van der Waals surface area contributed by atoms with E-state index in [4.69, 9.17) is 0 Å². The molecule has 0 atom stereocenters. The third kappa shape index (κ3) is 3.77. The number of anilines is 1. The minimum Gasteiger partial charge on any atom is -0.353 e. The predicted octanol–water partition coefficient (Wildman–Crippen LogP) is 3.46. The Labute approximate surface area is 161 Å². The van der Waals surface area contributed by atoms with Crippen LogP contribution in [0.3, 0.4) is 0 Å². The van der Waals surface area contributed by atoms with Crippen LogP contribution in [-0.4, -0.2) is 51.2 Å². The number of halogens is 4. The van der Waals surface area contributed by atoms with Gasteiger partial charge in [0.05, 0.1) is 10.9 Å². The normalized spacial score (nSPS) is 16.2. The summed E-state index contributed by atoms with van der Waals surface area (Å²) in [6.07, 6.45) is -2.79. The third-order valence-electron chi connectivity index (χ3n) is 4.65. The highest BCUT2D eigenvalue weighted by Gasteiger charge is 2.30. The topological polar surface area (TPSA) is 60.9 Å². The van der Waals surface area contributed by atoms with E-state index in [9.17, 15) is 13.2 Å². The number of rotatable bonds is 3. The van der Waals surface area contributed by atoms with E-state index >= 15 is 0 Å². The van der Waals surface area contributed by atoms with Gasteiger partial charge in [-0.1, -0.05) is 12.1 Å². The van der Waals surface area contributed by atoms with Gasteiger partial charge in [-0.25, -0.2) is 9.97 Å². The maximum absolute atomic E-state index is 12.7. The second-order valence-electron chi connectivity index (χ2n) is 6.39. The molecule has 0 bridgehead atoms. The summed E-state index contributed by atoms with van der Waals surface area (Å²) in [5.41, 5.74) is 0.937. The molecule has 1 aliphatic rings. The van der Waals surface area contributed by atoms with Crippen molar-refractivity contribution in [3.05, 3.63) is 46.3 Å². The second-order valence-corrected chi connectivity index (χ2v) is 7.14. The number of alkyl halides is 3. The number of hydrogen-bond acceptors (Lipinski definition) is 5. The summed E-state index contributed by atoms with van der Waals surface area (Å²) in [4.78, 5) is 13.0. The van der Waals surface area contributed by atoms with Gasteiger partial charge in [0.15, 0.2) is 5.65 Å². The van der Waals surface area contributed by atoms with Gasteiger partial charge in [0.1, 0.15) is 16.7 Å². The van der Waals surface area contributed by atoms with Crippen LogP contribution in [-0.2, 0) is 12.7 Å². The molecule has 4 rings (SSSR count). The first-order chi connectivity index (χ1) is 12.9. The minimum atomic E-state index is -4.30. The van der Waals surface area contributed by atoms with Crippen molar-refractivity contribution in [2.45, 2.75) is 12.7 Å². The molecule has 0 aliphatic carbocycles. The van der Waals surface area contributed by atoms with E-state index < -0.39 is 11.7 Å². The van der Waals surface area contributed by atoms with Gasteiger partial charge in [-0.3, -0.25) is 10.00 Å². The summed E-state index contributed by atoms with van der Waals surface area (Å²) in [6, 6.07) is 5.37. The van der Waals surface area contributed by atoms with E-state index in [0.717, 1.165) is 55.1 Å². The fourth-order valence-electron chi connectivity index (χ4n) is 3.22. The number of nitrogens with zero attached hydrogens (tertiary/aromatic N) is 5. The molecule has 3 aromatic rings. The summed E-state index contributed by atoms with van der Waals surface area (Å²) in [5, 5.41) is 7.83. The first-order valence-corrected chi connectivity index (χ1v) is 9.19. The number of aromatic nitrogens is 4. The molecule has 3 heterocycles. The number of benzene rings is 1. The van der Waals surface area contributed by atoms with Crippen LogP contribution in [0.25, 0.3) is 11.0 Å². The van der Waals surface area contributed by atoms with Gasteiger partial charge in [-0.2, -0.15) is 18.3 Å². The number of nitrogens with one attached hydrogen (secondary N) is 1. The van der Waals surface area contributed by atoms with Crippen LogP contribution >= 0.6 is 15.9 Å². The van der Waals surface area contributed by atoms with Gasteiger partial charge in [0.25, 0.3) is 0 Å². The summed E-state index contributed by atoms with van der Waals surface area (Å²) in [7, 11) is 0. The molecule has 0 spiro atoms. The molecule has 10 heteroatoms. The smallest absolute Gasteiger partial charge is 0.353 e. The molecular formula is C17H16BrF3N6. The van der Waals surface area contributed by atoms with Crippen molar-refractivity contribution < 1.29 is 13.2 Å². The van der Waals surface area contributed by atoms with E-state index in [1.54, 1.807) is 12.1 Å². The summed E-state index contributed by atoms with van der Waals surface area (Å²) in [6.45, 7) is 3.75. The van der Waals surface area contributed by atoms with E-state index in [0.29, 0.717) is 16.8 Å². The quantitative estimate of drug-likeness (QED) is 0.675. The van der Waals surface area contributed by atoms with Crippen LogP contribution in [0.4, 0.5) is 19.0 Å². The van der Waals surface area contributed by atoms with E-state index in [2.05, 4.69) is 45.9 Å². The molecule has 1 N–H and O–H groups in total. The SMILES string of the molecule is FC(F)(F)c1ccc(CN2CCN(c3ncnc4[nH]nc(Br)c34)CC2)cc1. The molecule has 2 aromatic heterocycles. The Morgan fingerprint density at radius 2 is 1.74 bits per heavy atom. The molecular weight excluding hydrogens is 425 g/mol. The van der Waals surface area contributed by atoms with Crippen LogP contribution in [0.5, 0.6) is 0 Å². The molecule has 1 saturated heterocycles. The van der Waals surface area contributed by atoms with E-state index in [1.807, 2.05) is 0 Å². The zero-order chi connectivity index (χ0) is 19.0. The highest BCUT2D eigenvalue weighted by atomic mass is 79.9. The lowest BCUT2D eigenvalue weighted by Crippen LogP contribution is -2.46. The first-order valence-electron chi connectivity index (χ1n) is 8.40. The maximum Gasteiger partial charge on any atom is 0.416 e. The average Bonchev–Trinajstić information content (AvgIpc) is 3.04. The van der Waals surface area contributed by atoms with Crippen molar-refractivity contribution in [2.24, 2.45) is 0 Å². The molecule has 27 heavy (non-hydrogen) atoms. The Balaban J connectivity index is 1.41. The lowest BCUT2D eigenvalue weighted by molar-refractivity contribution is -0.137. The number of piperazine rings is 1. The second kappa shape index (κ2) is 7.08. The Hall–Kier alpha value is -2.20. The molecule has 0 radical (unpaired) electrons. The van der Waals surface area contributed by atoms with Gasteiger partial charge in [0, 0.05) is 32.7 Å². The Bertz CT molecular complexity index is 932. The number of aromatic amines is 1. The third-order valence-corrected chi connectivity index (χ3v) is 5.23. The molecule has 6 nitrogen and oxygen atoms in total. The summed E-state index contributed by atoms with van der Waals surface area (Å²) < 4.78 is 38.7. The maximum atomic E-state index is 12.7. The molecule has 0 amide bonds. The standard InChI is InChI=1S/C17H16BrF3N6/c18-14-13-15(25-24-14)22-10-23-16(13)27-7-5-26(6-8-27)9-11-1-3-12(4-2-11)17(19,20)21/h1-4,10H,5-9H2,(H,22,23,24,25). The van der Waals surface area contributed by atoms with Crippen LogP contribution in [0.2, 0.25) is 0 Å². The van der Waals surface area contributed by atoms with Crippen molar-refractivity contribution in [3.8, 4) is 0 Å². The Kier molecular flexibility index (Phi) is 4.77. The van der Waals surface area contributed by atoms with Gasteiger partial charge in [-0.05, 0) is 33.6 Å². The van der Waals surface area contributed by atoms with Crippen molar-refractivity contribution in [2.75, 3.05) is 31.1 Å². The van der Waals surface area contributed by atoms with Gasteiger partial charge >= 0.3 is 6.18 Å². The van der Waals surface area contributed by atoms with Gasteiger partial charge < -0.3 is 4.90 Å². The zero-order valence-corrected chi connectivity index (χ0v) is 15.8. The first kappa shape index (κ1) is 18.2. The van der Waals surface area contributed by atoms with Crippen molar-refractivity contribution in [1.29, 1.82) is 0 Å². The van der Waals surface area contributed by atoms with Crippen molar-refractivity contribution >= 4 is 32.8 Å². The van der Waals surface area contributed by atoms with Crippen LogP contribution in [0.15, 0.2) is 35.2 Å². The van der Waals surface area contributed by atoms with Crippen molar-refractivity contribution in [1.82, 2.24) is 25.1 Å². The minimum absolute atomic E-state index is 0.616. The fraction of sp³-hybridized carbons (Fsp3) is 0.353. The van der Waals surface area contributed by atoms with E-state index in [-0.39, 0.29) is 0 Å². The van der Waals surface area contributed by atoms with Crippen LogP contribution in [0.1, 0.15) is 11.1 Å². The molecule has 142 valence electrons. The van der Waals surface area contributed by atoms with Crippen molar-refractivity contribution in [3.63, 3.8) is 0 Å². The highest BCUT2D eigenvalue weighted by Crippen LogP contribution is 2.30. The average molecular weight is 441 g/mol. The molecule has 1 aromatic carbocycles. The molecule has 0 saturated carbocycles. The molecule has 1 fully saturated rings. The summed E-state index contributed by atoms with van der Waals surface area (Å²) in [5.74, 6) is 0.829. The number of H-pyrrole nitrogens is 1. The Morgan fingerprint density at radius 1 is 1.04 bits per heavy atom. The van der Waals surface area contributed by atoms with Gasteiger partial charge in [0.2, 0.25) is 0 Å². The zero-order valence-electron chi connectivity index (χ0n) is 14.2. The molecule has 0 unspecified atom stereocenters. The Morgan fingerprint density at radius 3 is 2.41 bits per heavy atom. The number of fused-ring (bicyclic) bond motifs is 1. The summed E-state index contributed by atoms with van der Waals surface area (Å²) >= 11 is 3.42. The number of hydrogen-bond donors (Lipinski definition) is 1. The fourth-order valence-corrected chi connectivity index (χ4v) is 3.68. The predicted molar refractivity (Wildman–Crippen MR) is 98.3 cm³/mol. The van der Waals surface area contributed by atoms with Gasteiger partial charge in [-0.15, -0.1) is 0 Å². The lowest BCUT2D eigenvalue weighted by Gasteiger charge is -2.35. The van der Waals surface area contributed by atoms with E-state index in [1.165, 1.54) is 6.33 Å².